The maximum absolute atomic E-state index is 14.2. The summed E-state index contributed by atoms with van der Waals surface area (Å²) >= 11 is 0. The van der Waals surface area contributed by atoms with Crippen LogP contribution in [0.15, 0.2) is 90.0 Å². The Balaban J connectivity index is 0.815. The number of carbonyl (C=O) groups excluding carboxylic acids is 5. The third-order valence-corrected chi connectivity index (χ3v) is 16.2. The van der Waals surface area contributed by atoms with E-state index in [9.17, 15) is 24.0 Å². The number of ether oxygens (including phenoxy) is 1. The first-order valence-corrected chi connectivity index (χ1v) is 29.0. The summed E-state index contributed by atoms with van der Waals surface area (Å²) in [5.41, 5.74) is 2.41. The van der Waals surface area contributed by atoms with Crippen molar-refractivity contribution in [2.75, 3.05) is 40.4 Å². The Morgan fingerprint density at radius 2 is 1.35 bits per heavy atom. The van der Waals surface area contributed by atoms with Crippen molar-refractivity contribution in [3.05, 3.63) is 96.5 Å². The summed E-state index contributed by atoms with van der Waals surface area (Å²) in [6.45, 7) is 10.9. The lowest BCUT2D eigenvalue weighted by molar-refractivity contribution is -0.144. The second kappa shape index (κ2) is 30.9. The number of nitrogens with zero attached hydrogens (tertiary/aromatic N) is 8. The molecule has 1 unspecified atom stereocenters. The molecule has 4 aliphatic heterocycles. The summed E-state index contributed by atoms with van der Waals surface area (Å²) in [5.74, 6) is -0.767. The topological polar surface area (TPSA) is 232 Å². The van der Waals surface area contributed by atoms with Crippen molar-refractivity contribution in [3.63, 3.8) is 0 Å². The quantitative estimate of drug-likeness (QED) is 0.0280. The minimum atomic E-state index is -0.782. The minimum Gasteiger partial charge on any atom is -0.381 e. The summed E-state index contributed by atoms with van der Waals surface area (Å²) in [4.78, 5) is 72.0. The Bertz CT molecular complexity index is 2390. The van der Waals surface area contributed by atoms with Crippen molar-refractivity contribution >= 4 is 29.5 Å². The van der Waals surface area contributed by atoms with Crippen LogP contribution in [-0.4, -0.2) is 148 Å². The van der Waals surface area contributed by atoms with Crippen molar-refractivity contribution in [2.24, 2.45) is 10.3 Å². The molecule has 20 nitrogen and oxygen atoms in total. The van der Waals surface area contributed by atoms with Gasteiger partial charge in [0.05, 0.1) is 30.4 Å². The fraction of sp³-hybridized carbons (Fsp3) is 0.638. The van der Waals surface area contributed by atoms with E-state index >= 15 is 0 Å². The maximum atomic E-state index is 14.2. The number of likely N-dealkylation sites (N-methyl/N-ethyl adjacent to an activating group) is 2. The molecule has 5 heterocycles. The average Bonchev–Trinajstić information content (AvgIpc) is 4.27. The third kappa shape index (κ3) is 17.0. The Morgan fingerprint density at radius 3 is 2.05 bits per heavy atom. The summed E-state index contributed by atoms with van der Waals surface area (Å²) < 4.78 is 7.87. The Labute approximate surface area is 462 Å². The zero-order chi connectivity index (χ0) is 55.2. The molecule has 4 aliphatic rings. The Morgan fingerprint density at radius 1 is 0.731 bits per heavy atom. The van der Waals surface area contributed by atoms with Crippen LogP contribution in [0, 0.1) is 0 Å². The lowest BCUT2D eigenvalue weighted by atomic mass is 9.98. The number of hydrogen-bond donors (Lipinski definition) is 6. The van der Waals surface area contributed by atoms with E-state index in [1.54, 1.807) is 37.1 Å². The van der Waals surface area contributed by atoms with Gasteiger partial charge in [0.15, 0.2) is 6.17 Å². The molecule has 4 fully saturated rings. The summed E-state index contributed by atoms with van der Waals surface area (Å²) in [7, 11) is 3.50. The highest BCUT2D eigenvalue weighted by molar-refractivity contribution is 5.94. The van der Waals surface area contributed by atoms with Gasteiger partial charge in [-0.05, 0) is 129 Å². The van der Waals surface area contributed by atoms with Crippen molar-refractivity contribution in [2.45, 2.75) is 197 Å². The highest BCUT2D eigenvalue weighted by Crippen LogP contribution is 2.34. The van der Waals surface area contributed by atoms with Gasteiger partial charge >= 0.3 is 0 Å². The van der Waals surface area contributed by atoms with Crippen LogP contribution in [0.3, 0.4) is 0 Å². The van der Waals surface area contributed by atoms with Crippen LogP contribution in [0.25, 0.3) is 0 Å². The number of unbranched alkanes of at least 4 members (excludes halogenated alkanes) is 4. The maximum Gasteiger partial charge on any atom is 0.246 e. The van der Waals surface area contributed by atoms with Crippen LogP contribution in [0.5, 0.6) is 0 Å². The van der Waals surface area contributed by atoms with Crippen LogP contribution in [0.2, 0.25) is 0 Å². The minimum absolute atomic E-state index is 0.00692. The summed E-state index contributed by atoms with van der Waals surface area (Å²) in [6, 6.07) is 16.9. The van der Waals surface area contributed by atoms with E-state index in [1.165, 1.54) is 0 Å². The van der Waals surface area contributed by atoms with Gasteiger partial charge in [0.25, 0.3) is 0 Å². The highest BCUT2D eigenvalue weighted by Gasteiger charge is 2.45. The van der Waals surface area contributed by atoms with Gasteiger partial charge in [-0.15, -0.1) is 10.2 Å². The van der Waals surface area contributed by atoms with Gasteiger partial charge in [-0.2, -0.15) is 0 Å². The molecular weight excluding hydrogens is 989 g/mol. The van der Waals surface area contributed by atoms with E-state index in [0.717, 1.165) is 114 Å². The largest absolute Gasteiger partial charge is 0.381 e. The number of hydrogen-bond acceptors (Lipinski definition) is 13. The standard InChI is InChI=1S/C58H88N14O6/c1-6-69(68-66-53(44-25-13-8-14-26-44)64-57(76)51-34-32-47-29-17-18-30-48(58(77)72(47)51)62-55(74)42(3)60-5)35-19-9-21-37-78-38-22-10-20-36-70-40-49(65-67-70)52(43-23-11-7-12-24-43)63-56(75)50-33-31-46-28-16-15-27-45(39-71(46)50)61-54(73)41(2)59-4/h6-8,11-14,23-26,40-42,45-48,50-53,59-60H,1,9-10,15-22,27-39H2,2-5H3,(H,61,73)(H,62,74)(H,63,75)(H,64,76)/b68-66-/t41-,42-,45-,46-,47-,48-,50-,51-,52-,53?/m0/s1. The fourth-order valence-corrected chi connectivity index (χ4v) is 11.4. The van der Waals surface area contributed by atoms with E-state index in [0.29, 0.717) is 57.4 Å². The number of nitrogens with one attached hydrogen (secondary N) is 6. The van der Waals surface area contributed by atoms with E-state index in [-0.39, 0.29) is 53.7 Å². The van der Waals surface area contributed by atoms with Crippen LogP contribution in [0.4, 0.5) is 0 Å². The van der Waals surface area contributed by atoms with Crippen molar-refractivity contribution in [1.82, 2.24) is 61.7 Å². The molecule has 0 bridgehead atoms. The molecule has 6 N–H and O–H groups in total. The van der Waals surface area contributed by atoms with Gasteiger partial charge in [-0.25, -0.2) is 0 Å². The van der Waals surface area contributed by atoms with Crippen molar-refractivity contribution < 1.29 is 28.7 Å². The number of carbonyl (C=O) groups is 5. The fourth-order valence-electron chi connectivity index (χ4n) is 11.4. The zero-order valence-corrected chi connectivity index (χ0v) is 46.7. The lowest BCUT2D eigenvalue weighted by Gasteiger charge is -2.36. The molecular formula is C58H88N14O6. The number of fused-ring (bicyclic) bond motifs is 2. The van der Waals surface area contributed by atoms with Gasteiger partial charge in [-0.3, -0.25) is 38.6 Å². The number of rotatable bonds is 28. The normalized spacial score (nSPS) is 23.3. The molecule has 78 heavy (non-hydrogen) atoms. The lowest BCUT2D eigenvalue weighted by Crippen LogP contribution is -2.58. The molecule has 7 rings (SSSR count). The van der Waals surface area contributed by atoms with Gasteiger partial charge in [-0.1, -0.05) is 103 Å². The van der Waals surface area contributed by atoms with Crippen LogP contribution in [-0.2, 0) is 35.3 Å². The second-order valence-corrected chi connectivity index (χ2v) is 21.7. The average molecular weight is 1080 g/mol. The van der Waals surface area contributed by atoms with Crippen LogP contribution in [0.1, 0.15) is 158 Å². The Hall–Kier alpha value is -6.09. The molecule has 0 radical (unpaired) electrons. The first-order chi connectivity index (χ1) is 38.0. The molecule has 0 saturated carbocycles. The zero-order valence-electron chi connectivity index (χ0n) is 46.7. The SMILES string of the molecule is C=CN(CCCCCOCCCCCn1cc([C@@H](NC(=O)[C@@H]2CC[C@@H]3CCCC[C@H](NC(=O)[C@H](C)NC)CN32)c2ccccc2)nn1)/N=N\C(NC(=O)[C@@H]1CC[C@@H]2CCCC[C@H](NC(=O)[C@H](C)NC)C(=O)N21)c1ccccc1. The molecule has 1 aromatic heterocycles. The second-order valence-electron chi connectivity index (χ2n) is 21.7. The summed E-state index contributed by atoms with van der Waals surface area (Å²) in [5, 5.41) is 38.4. The first-order valence-electron chi connectivity index (χ1n) is 29.0. The molecule has 4 saturated heterocycles. The first kappa shape index (κ1) is 59.6. The molecule has 20 heteroatoms. The van der Waals surface area contributed by atoms with E-state index < -0.39 is 30.3 Å². The molecule has 10 atom stereocenters. The van der Waals surface area contributed by atoms with Gasteiger partial charge < -0.3 is 41.5 Å². The predicted octanol–water partition coefficient (Wildman–Crippen LogP) is 5.99. The number of aryl methyl sites for hydroxylation is 1. The molecule has 0 spiro atoms. The molecule has 426 valence electrons. The van der Waals surface area contributed by atoms with E-state index in [1.807, 2.05) is 78.5 Å². The van der Waals surface area contributed by atoms with E-state index in [2.05, 4.69) is 64.0 Å². The number of amides is 5. The predicted molar refractivity (Wildman–Crippen MR) is 299 cm³/mol. The number of benzene rings is 2. The van der Waals surface area contributed by atoms with E-state index in [4.69, 9.17) is 4.74 Å². The van der Waals surface area contributed by atoms with Crippen LogP contribution >= 0.6 is 0 Å². The number of aromatic nitrogens is 3. The smallest absolute Gasteiger partial charge is 0.246 e. The molecule has 0 aliphatic carbocycles. The Kier molecular flexibility index (Phi) is 23.6. The third-order valence-electron chi connectivity index (χ3n) is 16.2. The van der Waals surface area contributed by atoms with Gasteiger partial charge in [0.2, 0.25) is 29.5 Å². The van der Waals surface area contributed by atoms with Crippen molar-refractivity contribution in [1.29, 1.82) is 0 Å². The molecule has 2 aromatic carbocycles. The van der Waals surface area contributed by atoms with Gasteiger partial charge in [0.1, 0.15) is 17.8 Å². The molecule has 5 amide bonds. The molecule has 3 aromatic rings. The summed E-state index contributed by atoms with van der Waals surface area (Å²) in [6.07, 6.45) is 18.5. The van der Waals surface area contributed by atoms with Crippen molar-refractivity contribution in [3.8, 4) is 0 Å². The highest BCUT2D eigenvalue weighted by atomic mass is 16.5. The van der Waals surface area contributed by atoms with Crippen LogP contribution < -0.4 is 31.9 Å². The monoisotopic (exact) mass is 1080 g/mol. The van der Waals surface area contributed by atoms with Gasteiger partial charge in [0, 0.05) is 57.2 Å².